The van der Waals surface area contributed by atoms with Gasteiger partial charge in [-0.1, -0.05) is 26.0 Å². The first-order valence-electron chi connectivity index (χ1n) is 14.0. The van der Waals surface area contributed by atoms with Crippen molar-refractivity contribution in [1.29, 1.82) is 0 Å². The minimum Gasteiger partial charge on any atom is -0.338 e. The summed E-state index contributed by atoms with van der Waals surface area (Å²) in [5, 5.41) is 3.15. The number of nitrogens with one attached hydrogen (secondary N) is 3. The molecule has 2 heterocycles. The monoisotopic (exact) mass is 578 g/mol. The third-order valence-corrected chi connectivity index (χ3v) is 8.00. The van der Waals surface area contributed by atoms with E-state index in [-0.39, 0.29) is 34.0 Å². The lowest BCUT2D eigenvalue weighted by molar-refractivity contribution is 0.630. The highest BCUT2D eigenvalue weighted by Crippen LogP contribution is 2.34. The predicted octanol–water partition coefficient (Wildman–Crippen LogP) is 5.44. The molecule has 0 spiro atoms. The molecule has 0 unspecified atom stereocenters. The number of rotatable bonds is 8. The van der Waals surface area contributed by atoms with Gasteiger partial charge in [-0.05, 0) is 75.4 Å². The molecule has 0 radical (unpaired) electrons. The van der Waals surface area contributed by atoms with Crippen molar-refractivity contribution in [2.45, 2.75) is 65.5 Å². The zero-order valence-corrected chi connectivity index (χ0v) is 24.7. The molecule has 216 valence electrons. The second kappa shape index (κ2) is 11.6. The van der Waals surface area contributed by atoms with Gasteiger partial charge in [0.25, 0.3) is 11.1 Å². The summed E-state index contributed by atoms with van der Waals surface area (Å²) in [6.45, 7) is 7.38. The molecule has 4 aromatic rings. The van der Waals surface area contributed by atoms with Gasteiger partial charge >= 0.3 is 5.69 Å². The quantitative estimate of drug-likeness (QED) is 0.239. The van der Waals surface area contributed by atoms with Crippen LogP contribution in [0.25, 0.3) is 16.6 Å². The molecule has 2 aliphatic rings. The number of pyridine rings is 1. The van der Waals surface area contributed by atoms with Crippen LogP contribution in [-0.4, -0.2) is 19.7 Å². The van der Waals surface area contributed by atoms with Crippen LogP contribution in [0.1, 0.15) is 56.7 Å². The molecule has 2 fully saturated rings. The van der Waals surface area contributed by atoms with Crippen molar-refractivity contribution in [3.05, 3.63) is 90.6 Å². The average Bonchev–Trinajstić information content (AvgIpc) is 3.89. The summed E-state index contributed by atoms with van der Waals surface area (Å²) in [7, 11) is 1.54. The Morgan fingerprint density at radius 3 is 2.34 bits per heavy atom. The van der Waals surface area contributed by atoms with Crippen molar-refractivity contribution in [3.63, 3.8) is 0 Å². The zero-order valence-electron chi connectivity index (χ0n) is 23.9. The van der Waals surface area contributed by atoms with Crippen LogP contribution in [-0.2, 0) is 7.05 Å². The molecule has 6 rings (SSSR count). The van der Waals surface area contributed by atoms with Crippen molar-refractivity contribution < 1.29 is 4.39 Å². The van der Waals surface area contributed by atoms with Crippen molar-refractivity contribution in [1.82, 2.24) is 18.4 Å². The lowest BCUT2D eigenvalue weighted by Crippen LogP contribution is -2.41. The van der Waals surface area contributed by atoms with Crippen molar-refractivity contribution in [2.24, 2.45) is 7.05 Å². The Bertz CT molecular complexity index is 1800. The zero-order chi connectivity index (χ0) is 29.4. The first-order chi connectivity index (χ1) is 19.7. The van der Waals surface area contributed by atoms with Crippen LogP contribution < -0.4 is 31.6 Å². The number of anilines is 3. The molecular formula is C30H35FN6O3S. The number of aromatic nitrogens is 3. The maximum Gasteiger partial charge on any atom is 0.336 e. The van der Waals surface area contributed by atoms with Crippen molar-refractivity contribution in [3.8, 4) is 5.69 Å². The van der Waals surface area contributed by atoms with E-state index in [1.54, 1.807) is 32.0 Å². The highest BCUT2D eigenvalue weighted by atomic mass is 32.2. The number of benzene rings is 2. The van der Waals surface area contributed by atoms with Gasteiger partial charge in [0.15, 0.2) is 0 Å². The number of hydrogen-bond acceptors (Lipinski definition) is 7. The Kier molecular flexibility index (Phi) is 8.10. The van der Waals surface area contributed by atoms with Gasteiger partial charge in [-0.2, -0.15) is 0 Å². The summed E-state index contributed by atoms with van der Waals surface area (Å²) in [6.07, 6.45) is 3.73. The number of halogens is 1. The van der Waals surface area contributed by atoms with E-state index in [9.17, 15) is 18.8 Å². The fraction of sp³-hybridized carbons (Fsp3) is 0.367. The maximum absolute atomic E-state index is 14.9. The molecule has 3 N–H and O–H groups in total. The lowest BCUT2D eigenvalue weighted by Gasteiger charge is -2.21. The standard InChI is InChI=1S/C28H29FN6O3S.C2H6/c1-15-7-12-22(21(29)13-15)30-25-23-24(16(2)26(36)33(25)3)34(28(38)35(27(23)37)19-10-11-19)20-6-4-5-18(14-20)32-39-31-17-8-9-17;1-2/h4-7,12-14,17,19,30-32H,8-11H2,1-3H3;1-2H3. The second-order valence-electron chi connectivity index (χ2n) is 10.3. The van der Waals surface area contributed by atoms with Crippen molar-refractivity contribution >= 4 is 40.2 Å². The smallest absolute Gasteiger partial charge is 0.336 e. The molecule has 0 bridgehead atoms. The largest absolute Gasteiger partial charge is 0.338 e. The Balaban J connectivity index is 0.00000165. The summed E-state index contributed by atoms with van der Waals surface area (Å²) >= 11 is 1.38. The first-order valence-corrected chi connectivity index (χ1v) is 14.8. The lowest BCUT2D eigenvalue weighted by atomic mass is 10.1. The van der Waals surface area contributed by atoms with Gasteiger partial charge in [-0.25, -0.2) is 13.9 Å². The Labute approximate surface area is 241 Å². The predicted molar refractivity (Wildman–Crippen MR) is 165 cm³/mol. The summed E-state index contributed by atoms with van der Waals surface area (Å²) < 4.78 is 25.4. The van der Waals surface area contributed by atoms with Crippen LogP contribution >= 0.6 is 12.1 Å². The van der Waals surface area contributed by atoms with Crippen LogP contribution in [0.5, 0.6) is 0 Å². The van der Waals surface area contributed by atoms with E-state index in [1.807, 2.05) is 32.0 Å². The summed E-state index contributed by atoms with van der Waals surface area (Å²) in [5.41, 5.74) is 1.21. The maximum atomic E-state index is 14.9. The Hall–Kier alpha value is -3.83. The van der Waals surface area contributed by atoms with E-state index in [0.29, 0.717) is 24.6 Å². The number of aryl methyl sites for hydroxylation is 2. The summed E-state index contributed by atoms with van der Waals surface area (Å²) in [5.74, 6) is -0.377. The molecule has 2 aromatic heterocycles. The molecular weight excluding hydrogens is 543 g/mol. The molecule has 2 aliphatic carbocycles. The minimum atomic E-state index is -0.511. The SMILES string of the molecule is CC.Cc1ccc(Nc2c3c(=O)n(C4CC4)c(=O)n(-c4cccc(NSNC5CC5)c4)c3c(C)c(=O)n2C)c(F)c1. The average molecular weight is 579 g/mol. The topological polar surface area (TPSA) is 102 Å². The molecule has 2 saturated carbocycles. The van der Waals surface area contributed by atoms with E-state index in [2.05, 4.69) is 14.8 Å². The van der Waals surface area contributed by atoms with Crippen molar-refractivity contribution in [2.75, 3.05) is 10.0 Å². The van der Waals surface area contributed by atoms with Crippen LogP contribution in [0, 0.1) is 19.7 Å². The van der Waals surface area contributed by atoms with Gasteiger partial charge in [-0.3, -0.25) is 23.3 Å². The Morgan fingerprint density at radius 2 is 1.68 bits per heavy atom. The highest BCUT2D eigenvalue weighted by Gasteiger charge is 2.31. The van der Waals surface area contributed by atoms with E-state index in [4.69, 9.17) is 0 Å². The third-order valence-electron chi connectivity index (χ3n) is 7.21. The first kappa shape index (κ1) is 28.7. The normalized spacial score (nSPS) is 14.5. The van der Waals surface area contributed by atoms with E-state index < -0.39 is 22.6 Å². The fourth-order valence-corrected chi connectivity index (χ4v) is 5.49. The van der Waals surface area contributed by atoms with Gasteiger partial charge < -0.3 is 10.0 Å². The molecule has 9 nitrogen and oxygen atoms in total. The van der Waals surface area contributed by atoms with Gasteiger partial charge in [0.05, 0.1) is 16.9 Å². The number of nitrogens with zero attached hydrogens (tertiary/aromatic N) is 3. The van der Waals surface area contributed by atoms with Gasteiger partial charge in [0, 0.05) is 42.5 Å². The van der Waals surface area contributed by atoms with Gasteiger partial charge in [-0.15, -0.1) is 0 Å². The fourth-order valence-electron chi connectivity index (χ4n) is 4.79. The molecule has 11 heteroatoms. The highest BCUT2D eigenvalue weighted by molar-refractivity contribution is 7.98. The van der Waals surface area contributed by atoms with Crippen LogP contribution in [0.15, 0.2) is 56.8 Å². The minimum absolute atomic E-state index is 0.127. The van der Waals surface area contributed by atoms with Crippen LogP contribution in [0.2, 0.25) is 0 Å². The summed E-state index contributed by atoms with van der Waals surface area (Å²) in [6, 6.07) is 12.3. The summed E-state index contributed by atoms with van der Waals surface area (Å²) in [4.78, 5) is 41.3. The molecule has 0 atom stereocenters. The Morgan fingerprint density at radius 1 is 0.951 bits per heavy atom. The van der Waals surface area contributed by atoms with Crippen LogP contribution in [0.3, 0.4) is 0 Å². The van der Waals surface area contributed by atoms with Crippen LogP contribution in [0.4, 0.5) is 21.6 Å². The third kappa shape index (κ3) is 5.56. The molecule has 0 amide bonds. The van der Waals surface area contributed by atoms with Gasteiger partial charge in [0.1, 0.15) is 17.0 Å². The van der Waals surface area contributed by atoms with E-state index in [0.717, 1.165) is 24.1 Å². The number of hydrogen-bond donors (Lipinski definition) is 3. The van der Waals surface area contributed by atoms with E-state index >= 15 is 0 Å². The number of fused-ring (bicyclic) bond motifs is 1. The molecule has 0 saturated heterocycles. The van der Waals surface area contributed by atoms with E-state index in [1.165, 1.54) is 38.9 Å². The molecule has 0 aliphatic heterocycles. The van der Waals surface area contributed by atoms with Gasteiger partial charge in [0.2, 0.25) is 0 Å². The molecule has 2 aromatic carbocycles. The molecule has 41 heavy (non-hydrogen) atoms. The second-order valence-corrected chi connectivity index (χ2v) is 11.0.